The summed E-state index contributed by atoms with van der Waals surface area (Å²) in [5.74, 6) is 0. The monoisotopic (exact) mass is 118 g/mol. The molecule has 0 aromatic heterocycles. The van der Waals surface area contributed by atoms with Gasteiger partial charge in [-0.05, 0) is 19.2 Å². The van der Waals surface area contributed by atoms with E-state index in [2.05, 4.69) is 0 Å². The van der Waals surface area contributed by atoms with Gasteiger partial charge in [-0.25, -0.2) is 0 Å². The van der Waals surface area contributed by atoms with Gasteiger partial charge >= 0.3 is 0 Å². The maximum Gasteiger partial charge on any atom is 0.0283 e. The van der Waals surface area contributed by atoms with Gasteiger partial charge in [0.05, 0.1) is 0 Å². The van der Waals surface area contributed by atoms with Crippen LogP contribution < -0.4 is 5.73 Å². The van der Waals surface area contributed by atoms with Crippen LogP contribution in [0.3, 0.4) is 0 Å². The molecular weight excluding hydrogens is 98.1 g/mol. The van der Waals surface area contributed by atoms with E-state index in [1.807, 2.05) is 0 Å². The Morgan fingerprint density at radius 2 is 2.38 bits per heavy atom. The topological polar surface area (TPSA) is 26.0 Å². The SMILES string of the molecule is [2H]C([2H])([2H])C([2H])([2H])C1(N)CCCC1. The fraction of sp³-hybridized carbons (Fsp3) is 1.00. The first-order valence-electron chi connectivity index (χ1n) is 5.50. The lowest BCUT2D eigenvalue weighted by molar-refractivity contribution is 0.424. The van der Waals surface area contributed by atoms with Crippen molar-refractivity contribution in [2.75, 3.05) is 0 Å². The molecule has 1 aliphatic carbocycles. The van der Waals surface area contributed by atoms with Gasteiger partial charge in [0.15, 0.2) is 0 Å². The highest BCUT2D eigenvalue weighted by Gasteiger charge is 2.26. The predicted molar refractivity (Wildman–Crippen MR) is 35.7 cm³/mol. The number of hydrogen-bond donors (Lipinski definition) is 1. The summed E-state index contributed by atoms with van der Waals surface area (Å²) in [6.45, 7) is -2.62. The highest BCUT2D eigenvalue weighted by Crippen LogP contribution is 2.29. The van der Waals surface area contributed by atoms with Crippen molar-refractivity contribution in [3.05, 3.63) is 0 Å². The maximum absolute atomic E-state index is 7.55. The van der Waals surface area contributed by atoms with Crippen molar-refractivity contribution < 1.29 is 6.85 Å². The quantitative estimate of drug-likeness (QED) is 0.557. The van der Waals surface area contributed by atoms with Gasteiger partial charge in [0.1, 0.15) is 0 Å². The van der Waals surface area contributed by atoms with Crippen molar-refractivity contribution in [2.24, 2.45) is 5.73 Å². The van der Waals surface area contributed by atoms with Gasteiger partial charge in [0, 0.05) is 12.4 Å². The molecule has 0 aromatic rings. The van der Waals surface area contributed by atoms with Crippen LogP contribution in [0.25, 0.3) is 0 Å². The Hall–Kier alpha value is -0.0400. The van der Waals surface area contributed by atoms with Gasteiger partial charge in [0.25, 0.3) is 0 Å². The summed E-state index contributed by atoms with van der Waals surface area (Å²) in [4.78, 5) is 0. The van der Waals surface area contributed by atoms with Crippen molar-refractivity contribution >= 4 is 0 Å². The van der Waals surface area contributed by atoms with Crippen molar-refractivity contribution in [1.29, 1.82) is 0 Å². The molecule has 0 spiro atoms. The van der Waals surface area contributed by atoms with E-state index in [-0.39, 0.29) is 0 Å². The number of rotatable bonds is 1. The lowest BCUT2D eigenvalue weighted by Crippen LogP contribution is -2.34. The van der Waals surface area contributed by atoms with Crippen molar-refractivity contribution in [3.63, 3.8) is 0 Å². The molecule has 1 aliphatic rings. The fourth-order valence-corrected chi connectivity index (χ4v) is 1.13. The Labute approximate surface area is 58.3 Å². The van der Waals surface area contributed by atoms with Crippen LogP contribution in [-0.2, 0) is 0 Å². The first-order valence-corrected chi connectivity index (χ1v) is 3.00. The van der Waals surface area contributed by atoms with Crippen LogP contribution >= 0.6 is 0 Å². The highest BCUT2D eigenvalue weighted by atomic mass is 14.7. The molecule has 1 heteroatoms. The van der Waals surface area contributed by atoms with Gasteiger partial charge < -0.3 is 5.73 Å². The van der Waals surface area contributed by atoms with E-state index in [4.69, 9.17) is 12.6 Å². The lowest BCUT2D eigenvalue weighted by atomic mass is 9.96. The largest absolute Gasteiger partial charge is 0.325 e. The molecule has 0 amide bonds. The van der Waals surface area contributed by atoms with E-state index in [1.165, 1.54) is 0 Å². The molecule has 2 N–H and O–H groups in total. The summed E-state index contributed by atoms with van der Waals surface area (Å²) >= 11 is 0. The molecule has 1 rings (SSSR count). The molecule has 8 heavy (non-hydrogen) atoms. The summed E-state index contributed by atoms with van der Waals surface area (Å²) < 4.78 is 36.4. The van der Waals surface area contributed by atoms with Gasteiger partial charge in [-0.1, -0.05) is 19.7 Å². The number of nitrogens with two attached hydrogens (primary N) is 1. The van der Waals surface area contributed by atoms with Crippen LogP contribution in [0.15, 0.2) is 0 Å². The zero-order valence-corrected chi connectivity index (χ0v) is 4.91. The molecule has 0 aliphatic heterocycles. The highest BCUT2D eigenvalue weighted by molar-refractivity contribution is 4.87. The Morgan fingerprint density at radius 3 is 2.88 bits per heavy atom. The van der Waals surface area contributed by atoms with Gasteiger partial charge in [-0.3, -0.25) is 0 Å². The number of hydrogen-bond acceptors (Lipinski definition) is 1. The first-order chi connectivity index (χ1) is 5.71. The van der Waals surface area contributed by atoms with Crippen molar-refractivity contribution in [1.82, 2.24) is 0 Å². The van der Waals surface area contributed by atoms with E-state index >= 15 is 0 Å². The average molecular weight is 118 g/mol. The molecule has 0 unspecified atom stereocenters. The third kappa shape index (κ3) is 1.03. The van der Waals surface area contributed by atoms with Gasteiger partial charge in [-0.2, -0.15) is 0 Å². The van der Waals surface area contributed by atoms with E-state index in [0.29, 0.717) is 12.8 Å². The summed E-state index contributed by atoms with van der Waals surface area (Å²) in [5.41, 5.74) is 4.63. The van der Waals surface area contributed by atoms with E-state index in [0.717, 1.165) is 12.8 Å². The van der Waals surface area contributed by atoms with Gasteiger partial charge in [0.2, 0.25) is 0 Å². The summed E-state index contributed by atoms with van der Waals surface area (Å²) in [6, 6.07) is 0. The maximum atomic E-state index is 7.55. The lowest BCUT2D eigenvalue weighted by Gasteiger charge is -2.19. The molecule has 48 valence electrons. The molecule has 1 nitrogen and oxygen atoms in total. The van der Waals surface area contributed by atoms with E-state index < -0.39 is 18.8 Å². The Morgan fingerprint density at radius 1 is 1.75 bits per heavy atom. The Balaban J connectivity index is 2.91. The third-order valence-electron chi connectivity index (χ3n) is 1.74. The summed E-state index contributed by atoms with van der Waals surface area (Å²) in [6.07, 6.45) is 0.325. The first kappa shape index (κ1) is 2.30. The molecule has 0 bridgehead atoms. The zero-order chi connectivity index (χ0) is 10.3. The second kappa shape index (κ2) is 2.06. The van der Waals surface area contributed by atoms with Crippen LogP contribution in [-0.4, -0.2) is 5.54 Å². The summed E-state index contributed by atoms with van der Waals surface area (Å²) in [5, 5.41) is 0. The molecule has 0 radical (unpaired) electrons. The van der Waals surface area contributed by atoms with Crippen LogP contribution in [0.2, 0.25) is 0 Å². The molecule has 0 atom stereocenters. The summed E-state index contributed by atoms with van der Waals surface area (Å²) in [7, 11) is 0. The smallest absolute Gasteiger partial charge is 0.0283 e. The minimum atomic E-state index is -2.62. The van der Waals surface area contributed by atoms with Gasteiger partial charge in [-0.15, -0.1) is 0 Å². The molecule has 0 heterocycles. The average Bonchev–Trinajstić information content (AvgIpc) is 2.35. The predicted octanol–water partition coefficient (Wildman–Crippen LogP) is 1.67. The zero-order valence-electron chi connectivity index (χ0n) is 9.91. The van der Waals surface area contributed by atoms with Crippen LogP contribution in [0, 0.1) is 0 Å². The molecule has 0 aromatic carbocycles. The normalized spacial score (nSPS) is 38.9. The molecule has 1 fully saturated rings. The van der Waals surface area contributed by atoms with Crippen molar-refractivity contribution in [2.45, 2.75) is 44.4 Å². The molecule has 0 saturated heterocycles. The Kier molecular flexibility index (Phi) is 0.591. The van der Waals surface area contributed by atoms with E-state index in [1.54, 1.807) is 0 Å². The minimum absolute atomic E-state index is 0.471. The third-order valence-corrected chi connectivity index (χ3v) is 1.74. The standard InChI is InChI=1S/C7H15N/c1-2-7(8)5-3-4-6-7/h2-6,8H2,1H3/i1D3,2D2. The van der Waals surface area contributed by atoms with Crippen LogP contribution in [0.5, 0.6) is 0 Å². The van der Waals surface area contributed by atoms with E-state index in [9.17, 15) is 0 Å². The Bertz CT molecular complexity index is 192. The second-order valence-electron chi connectivity index (χ2n) is 2.49. The van der Waals surface area contributed by atoms with Crippen molar-refractivity contribution in [3.8, 4) is 0 Å². The minimum Gasteiger partial charge on any atom is -0.325 e. The molecular formula is C7H15N. The van der Waals surface area contributed by atoms with Crippen LogP contribution in [0.1, 0.15) is 45.8 Å². The fourth-order valence-electron chi connectivity index (χ4n) is 1.13. The molecule has 1 saturated carbocycles. The van der Waals surface area contributed by atoms with Crippen LogP contribution in [0.4, 0.5) is 0 Å². The second-order valence-corrected chi connectivity index (χ2v) is 2.49.